The summed E-state index contributed by atoms with van der Waals surface area (Å²) in [5.74, 6) is 2.65. The summed E-state index contributed by atoms with van der Waals surface area (Å²) in [5.41, 5.74) is 0. The number of hydrogen-bond acceptors (Lipinski definition) is 7. The first-order valence-corrected chi connectivity index (χ1v) is 14.4. The second kappa shape index (κ2) is 31.3. The van der Waals surface area contributed by atoms with Gasteiger partial charge < -0.3 is 29.2 Å². The number of amides is 1. The van der Waals surface area contributed by atoms with E-state index in [2.05, 4.69) is 30.4 Å². The van der Waals surface area contributed by atoms with Gasteiger partial charge in [0.1, 0.15) is 6.29 Å². The highest BCUT2D eigenvalue weighted by Gasteiger charge is 2.23. The Morgan fingerprint density at radius 2 is 2.00 bits per heavy atom. The average Bonchev–Trinajstić information content (AvgIpc) is 3.28. The molecule has 0 aromatic rings. The Kier molecular flexibility index (Phi) is 35.0. The van der Waals surface area contributed by atoms with Crippen LogP contribution >= 0.6 is 19.8 Å². The molecule has 1 fully saturated rings. The standard InChI is InChI=1S/C11H22N2O2.C6H8O.C5H13O2PS.C2H6/c1-12-7-4-2-3-5-11(15)13-8-6-10(14)9-13;1-2-3-4-5-6-7;1-3-4-5-7-8(9)6-2;1-2/h10,12,14H,2-9H2,1H3;1,6H,3-5H2;9H,3-5H2,1-2H3;1-2H3. The van der Waals surface area contributed by atoms with Gasteiger partial charge in [0.05, 0.1) is 12.7 Å². The minimum absolute atomic E-state index is 0.205. The van der Waals surface area contributed by atoms with E-state index in [-0.39, 0.29) is 12.0 Å². The van der Waals surface area contributed by atoms with Gasteiger partial charge in [-0.25, -0.2) is 0 Å². The summed E-state index contributed by atoms with van der Waals surface area (Å²) in [5, 5.41) is 12.4. The highest BCUT2D eigenvalue weighted by atomic mass is 32.7. The van der Waals surface area contributed by atoms with Gasteiger partial charge in [0.25, 0.3) is 0 Å². The van der Waals surface area contributed by atoms with Crippen LogP contribution in [0.5, 0.6) is 0 Å². The number of hydrogen-bond donors (Lipinski definition) is 3. The van der Waals surface area contributed by atoms with E-state index in [1.807, 2.05) is 20.9 Å². The molecule has 0 bridgehead atoms. The van der Waals surface area contributed by atoms with Crippen LogP contribution < -0.4 is 5.32 Å². The fourth-order valence-electron chi connectivity index (χ4n) is 2.51. The molecule has 0 radical (unpaired) electrons. The first-order valence-electron chi connectivity index (χ1n) is 12.1. The maximum Gasteiger partial charge on any atom is 0.234 e. The largest absolute Gasteiger partial charge is 0.391 e. The van der Waals surface area contributed by atoms with Gasteiger partial charge in [0, 0.05) is 39.5 Å². The predicted octanol–water partition coefficient (Wildman–Crippen LogP) is 4.98. The van der Waals surface area contributed by atoms with Crippen LogP contribution in [-0.4, -0.2) is 68.7 Å². The molecule has 33 heavy (non-hydrogen) atoms. The summed E-state index contributed by atoms with van der Waals surface area (Å²) < 4.78 is 9.94. The second-order valence-corrected chi connectivity index (χ2v) is 9.15. The number of nitrogens with one attached hydrogen (secondary N) is 1. The van der Waals surface area contributed by atoms with Gasteiger partial charge in [-0.05, 0) is 45.7 Å². The van der Waals surface area contributed by atoms with Crippen molar-refractivity contribution in [2.75, 3.05) is 40.4 Å². The zero-order chi connectivity index (χ0) is 25.7. The Balaban J connectivity index is -0.000000429. The van der Waals surface area contributed by atoms with Crippen LogP contribution in [0.1, 0.15) is 85.0 Å². The molecular formula is C24H49N2O5PS. The molecule has 2 atom stereocenters. The molecule has 1 saturated heterocycles. The van der Waals surface area contributed by atoms with E-state index in [1.165, 1.54) is 0 Å². The van der Waals surface area contributed by atoms with Gasteiger partial charge in [0.2, 0.25) is 13.5 Å². The maximum atomic E-state index is 11.6. The third-order valence-corrected chi connectivity index (χ3v) is 5.88. The van der Waals surface area contributed by atoms with Gasteiger partial charge in [-0.2, -0.15) is 0 Å². The van der Waals surface area contributed by atoms with Crippen molar-refractivity contribution >= 4 is 32.0 Å². The summed E-state index contributed by atoms with van der Waals surface area (Å²) in [6.07, 6.45) is 14.5. The maximum absolute atomic E-state index is 11.6. The number of unbranched alkanes of at least 4 members (excludes halogenated alkanes) is 5. The Bertz CT molecular complexity index is 467. The van der Waals surface area contributed by atoms with Crippen LogP contribution in [0, 0.1) is 12.3 Å². The summed E-state index contributed by atoms with van der Waals surface area (Å²) >= 11 is 4.02. The topological polar surface area (TPSA) is 88.1 Å². The molecule has 1 aliphatic heterocycles. The Morgan fingerprint density at radius 3 is 2.48 bits per heavy atom. The van der Waals surface area contributed by atoms with Gasteiger partial charge in [-0.1, -0.05) is 45.9 Å². The smallest absolute Gasteiger partial charge is 0.234 e. The van der Waals surface area contributed by atoms with Crippen molar-refractivity contribution in [1.82, 2.24) is 10.2 Å². The van der Waals surface area contributed by atoms with Gasteiger partial charge >= 0.3 is 0 Å². The van der Waals surface area contributed by atoms with Crippen LogP contribution in [0.2, 0.25) is 0 Å². The third-order valence-electron chi connectivity index (χ3n) is 4.33. The lowest BCUT2D eigenvalue weighted by atomic mass is 10.2. The lowest BCUT2D eigenvalue weighted by Gasteiger charge is -2.15. The molecule has 0 aliphatic carbocycles. The molecule has 1 amide bonds. The number of carbonyl (C=O) groups is 2. The number of nitrogens with zero attached hydrogens (tertiary/aromatic N) is 1. The first-order chi connectivity index (χ1) is 16.0. The number of likely N-dealkylation sites (tertiary alicyclic amines) is 1. The zero-order valence-electron chi connectivity index (χ0n) is 21.6. The molecule has 0 aromatic heterocycles. The number of thiol groups is 1. The second-order valence-electron chi connectivity index (χ2n) is 7.07. The van der Waals surface area contributed by atoms with Crippen molar-refractivity contribution in [2.24, 2.45) is 0 Å². The molecular weight excluding hydrogens is 459 g/mol. The van der Waals surface area contributed by atoms with E-state index in [4.69, 9.17) is 15.5 Å². The van der Waals surface area contributed by atoms with Crippen molar-refractivity contribution in [3.63, 3.8) is 0 Å². The van der Waals surface area contributed by atoms with Crippen molar-refractivity contribution in [2.45, 2.75) is 91.1 Å². The SMILES string of the molecule is C#CCCCC=O.CC.CCCCOP(S)OC.CNCCCCCC(=O)N1CCC(O)C1. The molecule has 1 aliphatic rings. The van der Waals surface area contributed by atoms with E-state index in [0.717, 1.165) is 77.3 Å². The number of rotatable bonds is 14. The van der Waals surface area contributed by atoms with Crippen molar-refractivity contribution in [3.8, 4) is 12.3 Å². The number of β-amino-alcohol motifs (C(OH)–C–C–N with tert-alkyl or cyclic N) is 1. The molecule has 2 N–H and O–H groups in total. The van der Waals surface area contributed by atoms with E-state index >= 15 is 0 Å². The minimum Gasteiger partial charge on any atom is -0.391 e. The molecule has 0 spiro atoms. The Morgan fingerprint density at radius 1 is 1.30 bits per heavy atom. The molecule has 1 heterocycles. The van der Waals surface area contributed by atoms with Crippen LogP contribution in [0.15, 0.2) is 0 Å². The summed E-state index contributed by atoms with van der Waals surface area (Å²) in [7, 11) is 2.65. The quantitative estimate of drug-likeness (QED) is 0.101. The average molecular weight is 509 g/mol. The van der Waals surface area contributed by atoms with Crippen molar-refractivity contribution in [3.05, 3.63) is 0 Å². The Labute approximate surface area is 209 Å². The highest BCUT2D eigenvalue weighted by Crippen LogP contribution is 2.41. The van der Waals surface area contributed by atoms with Gasteiger partial charge in [-0.3, -0.25) is 4.79 Å². The lowest BCUT2D eigenvalue weighted by Crippen LogP contribution is -2.29. The number of aldehydes is 1. The molecule has 1 rings (SSSR count). The number of aliphatic hydroxyl groups is 1. The minimum atomic E-state index is -0.896. The van der Waals surface area contributed by atoms with Crippen LogP contribution in [0.4, 0.5) is 0 Å². The van der Waals surface area contributed by atoms with Crippen molar-refractivity contribution in [1.29, 1.82) is 0 Å². The fraction of sp³-hybridized carbons (Fsp3) is 0.833. The summed E-state index contributed by atoms with van der Waals surface area (Å²) in [4.78, 5) is 23.0. The fourth-order valence-corrected chi connectivity index (χ4v) is 3.14. The summed E-state index contributed by atoms with van der Waals surface area (Å²) in [6, 6.07) is 0. The summed E-state index contributed by atoms with van der Waals surface area (Å²) in [6.45, 7) is 9.18. The molecule has 0 saturated carbocycles. The Hall–Kier alpha value is -0.680. The molecule has 196 valence electrons. The van der Waals surface area contributed by atoms with E-state index in [1.54, 1.807) is 12.0 Å². The molecule has 7 nitrogen and oxygen atoms in total. The highest BCUT2D eigenvalue weighted by molar-refractivity contribution is 8.41. The van der Waals surface area contributed by atoms with E-state index in [0.29, 0.717) is 19.4 Å². The number of terminal acetylenes is 1. The lowest BCUT2D eigenvalue weighted by molar-refractivity contribution is -0.130. The predicted molar refractivity (Wildman–Crippen MR) is 143 cm³/mol. The van der Waals surface area contributed by atoms with Crippen LogP contribution in [0.3, 0.4) is 0 Å². The van der Waals surface area contributed by atoms with Crippen LogP contribution in [0.25, 0.3) is 0 Å². The van der Waals surface area contributed by atoms with Gasteiger partial charge in [0.15, 0.2) is 0 Å². The van der Waals surface area contributed by atoms with E-state index < -0.39 is 7.58 Å². The monoisotopic (exact) mass is 508 g/mol. The van der Waals surface area contributed by atoms with Crippen molar-refractivity contribution < 1.29 is 23.7 Å². The number of carbonyl (C=O) groups excluding carboxylic acids is 2. The molecule has 2 unspecified atom stereocenters. The first kappa shape index (κ1) is 36.9. The molecule has 9 heteroatoms. The third kappa shape index (κ3) is 29.3. The van der Waals surface area contributed by atoms with Gasteiger partial charge in [-0.15, -0.1) is 12.3 Å². The zero-order valence-corrected chi connectivity index (χ0v) is 23.3. The number of aliphatic hydroxyl groups excluding tert-OH is 1. The van der Waals surface area contributed by atoms with E-state index in [9.17, 15) is 14.7 Å². The van der Waals surface area contributed by atoms with Crippen LogP contribution in [-0.2, 0) is 18.6 Å². The normalized spacial score (nSPS) is 15.0. The molecule has 0 aromatic carbocycles.